The van der Waals surface area contributed by atoms with Gasteiger partial charge in [0.05, 0.1) is 0 Å². The van der Waals surface area contributed by atoms with Gasteiger partial charge in [-0.1, -0.05) is 6.08 Å². The fraction of sp³-hybridized carbons (Fsp3) is 0.667. The highest BCUT2D eigenvalue weighted by molar-refractivity contribution is 5.05. The summed E-state index contributed by atoms with van der Waals surface area (Å²) >= 11 is 0. The summed E-state index contributed by atoms with van der Waals surface area (Å²) in [6.07, 6.45) is 4.64. The van der Waals surface area contributed by atoms with E-state index in [4.69, 9.17) is 28.8 Å². The van der Waals surface area contributed by atoms with Crippen LogP contribution in [0.1, 0.15) is 12.8 Å². The molecule has 10 N–H and O–H groups in total. The van der Waals surface area contributed by atoms with E-state index in [0.29, 0.717) is 6.42 Å². The minimum atomic E-state index is -1.40. The smallest absolute Gasteiger partial charge is 0.186 e. The molecule has 6 heteroatoms. The van der Waals surface area contributed by atoms with E-state index in [1.54, 1.807) is 6.20 Å². The molecule has 1 aliphatic heterocycles. The van der Waals surface area contributed by atoms with Crippen LogP contribution < -0.4 is 28.8 Å². The maximum Gasteiger partial charge on any atom is 0.186 e. The third-order valence-corrected chi connectivity index (χ3v) is 2.16. The number of allylic oxidation sites excluding steroid dienone is 1. The van der Waals surface area contributed by atoms with E-state index in [-0.39, 0.29) is 0 Å². The van der Waals surface area contributed by atoms with Crippen molar-refractivity contribution in [2.45, 2.75) is 24.3 Å². The minimum absolute atomic E-state index is 0.504. The van der Waals surface area contributed by atoms with Crippen LogP contribution >= 0.6 is 0 Å². The van der Waals surface area contributed by atoms with E-state index in [9.17, 15) is 0 Å². The maximum atomic E-state index is 5.71. The molecular weight excluding hydrogens is 156 g/mol. The summed E-state index contributed by atoms with van der Waals surface area (Å²) < 4.78 is 0. The Morgan fingerprint density at radius 1 is 1.17 bits per heavy atom. The average molecular weight is 172 g/mol. The number of nitrogens with zero attached hydrogens (tertiary/aromatic N) is 1. The van der Waals surface area contributed by atoms with Gasteiger partial charge < -0.3 is 11.5 Å². The van der Waals surface area contributed by atoms with Crippen molar-refractivity contribution in [2.75, 3.05) is 0 Å². The summed E-state index contributed by atoms with van der Waals surface area (Å²) in [5, 5.41) is 1.14. The zero-order chi connectivity index (χ0) is 9.41. The van der Waals surface area contributed by atoms with Crippen LogP contribution in [0.5, 0.6) is 0 Å². The minimum Gasteiger partial charge on any atom is -0.309 e. The molecule has 6 nitrogen and oxygen atoms in total. The lowest BCUT2D eigenvalue weighted by Gasteiger charge is -2.43. The Labute approximate surface area is 71.3 Å². The topological polar surface area (TPSA) is 133 Å². The predicted molar refractivity (Wildman–Crippen MR) is 46.6 cm³/mol. The van der Waals surface area contributed by atoms with Crippen molar-refractivity contribution in [3.8, 4) is 0 Å². The third-order valence-electron chi connectivity index (χ3n) is 2.16. The van der Waals surface area contributed by atoms with Crippen LogP contribution in [-0.2, 0) is 0 Å². The normalized spacial score (nSPS) is 26.9. The molecule has 0 spiro atoms. The first-order valence-corrected chi connectivity index (χ1v) is 3.74. The molecule has 0 saturated heterocycles. The SMILES string of the molecule is NN1C=CCCC(N)(N)C1(N)N. The summed E-state index contributed by atoms with van der Waals surface area (Å²) in [7, 11) is 0. The van der Waals surface area contributed by atoms with Gasteiger partial charge in [-0.25, -0.2) is 5.84 Å². The first-order chi connectivity index (χ1) is 5.38. The summed E-state index contributed by atoms with van der Waals surface area (Å²) in [5.74, 6) is 4.12. The van der Waals surface area contributed by atoms with E-state index < -0.39 is 11.4 Å². The Kier molecular flexibility index (Phi) is 2.11. The van der Waals surface area contributed by atoms with Crippen molar-refractivity contribution in [1.82, 2.24) is 5.01 Å². The van der Waals surface area contributed by atoms with Gasteiger partial charge in [-0.15, -0.1) is 0 Å². The molecule has 0 saturated carbocycles. The molecule has 0 aliphatic carbocycles. The summed E-state index contributed by atoms with van der Waals surface area (Å²) in [6.45, 7) is 0. The van der Waals surface area contributed by atoms with Crippen molar-refractivity contribution in [3.05, 3.63) is 12.3 Å². The molecule has 1 heterocycles. The number of nitrogens with two attached hydrogens (primary N) is 5. The molecular formula is C6H16N6. The van der Waals surface area contributed by atoms with E-state index >= 15 is 0 Å². The molecule has 0 bridgehead atoms. The summed E-state index contributed by atoms with van der Waals surface area (Å²) in [5.41, 5.74) is 21.6. The van der Waals surface area contributed by atoms with Gasteiger partial charge in [-0.3, -0.25) is 16.5 Å². The summed E-state index contributed by atoms with van der Waals surface area (Å²) in [4.78, 5) is 0. The van der Waals surface area contributed by atoms with Gasteiger partial charge in [0.25, 0.3) is 0 Å². The van der Waals surface area contributed by atoms with Crippen molar-refractivity contribution < 1.29 is 0 Å². The number of hydrazine groups is 1. The highest BCUT2D eigenvalue weighted by Crippen LogP contribution is 2.18. The van der Waals surface area contributed by atoms with Gasteiger partial charge >= 0.3 is 0 Å². The zero-order valence-electron chi connectivity index (χ0n) is 6.90. The predicted octanol–water partition coefficient (Wildman–Crippen LogP) is -2.35. The second-order valence-corrected chi connectivity index (χ2v) is 3.20. The molecule has 0 amide bonds. The number of hydrogen-bond donors (Lipinski definition) is 5. The van der Waals surface area contributed by atoms with E-state index in [1.165, 1.54) is 0 Å². The number of hydrogen-bond acceptors (Lipinski definition) is 6. The van der Waals surface area contributed by atoms with Gasteiger partial charge in [0.15, 0.2) is 5.79 Å². The van der Waals surface area contributed by atoms with Crippen LogP contribution in [0.3, 0.4) is 0 Å². The molecule has 0 radical (unpaired) electrons. The highest BCUT2D eigenvalue weighted by Gasteiger charge is 2.43. The van der Waals surface area contributed by atoms with Crippen LogP contribution in [0.2, 0.25) is 0 Å². The third kappa shape index (κ3) is 1.30. The van der Waals surface area contributed by atoms with Crippen molar-refractivity contribution in [2.24, 2.45) is 28.8 Å². The molecule has 0 aromatic carbocycles. The van der Waals surface area contributed by atoms with Gasteiger partial charge in [0, 0.05) is 6.20 Å². The Hall–Kier alpha value is -0.660. The maximum absolute atomic E-state index is 5.71. The second kappa shape index (κ2) is 2.68. The Morgan fingerprint density at radius 2 is 1.75 bits per heavy atom. The lowest BCUT2D eigenvalue weighted by Crippen LogP contribution is -2.82. The molecule has 0 aromatic heterocycles. The first-order valence-electron chi connectivity index (χ1n) is 3.74. The average Bonchev–Trinajstić information content (AvgIpc) is 2.02. The Balaban J connectivity index is 2.95. The standard InChI is InChI=1S/C6H16N6/c7-5(8)3-1-2-4-12(11)6(5,9)10/h2,4H,1,3,7-11H2. The molecule has 0 fully saturated rings. The fourth-order valence-corrected chi connectivity index (χ4v) is 1.07. The lowest BCUT2D eigenvalue weighted by molar-refractivity contribution is 0.0639. The fourth-order valence-electron chi connectivity index (χ4n) is 1.07. The largest absolute Gasteiger partial charge is 0.309 e. The van der Waals surface area contributed by atoms with Crippen LogP contribution in [0.25, 0.3) is 0 Å². The quantitative estimate of drug-likeness (QED) is 0.205. The van der Waals surface area contributed by atoms with Crippen molar-refractivity contribution in [3.63, 3.8) is 0 Å². The van der Waals surface area contributed by atoms with Gasteiger partial charge in [-0.2, -0.15) is 0 Å². The molecule has 12 heavy (non-hydrogen) atoms. The van der Waals surface area contributed by atoms with Crippen LogP contribution in [0, 0.1) is 0 Å². The molecule has 0 atom stereocenters. The Bertz CT molecular complexity index is 196. The monoisotopic (exact) mass is 172 g/mol. The lowest BCUT2D eigenvalue weighted by atomic mass is 9.99. The molecule has 0 unspecified atom stereocenters. The van der Waals surface area contributed by atoms with Gasteiger partial charge in [0.2, 0.25) is 0 Å². The molecule has 1 rings (SSSR count). The van der Waals surface area contributed by atoms with Gasteiger partial charge in [-0.05, 0) is 12.8 Å². The van der Waals surface area contributed by atoms with Crippen molar-refractivity contribution >= 4 is 0 Å². The molecule has 0 aromatic rings. The van der Waals surface area contributed by atoms with Crippen LogP contribution in [0.15, 0.2) is 12.3 Å². The molecule has 1 aliphatic rings. The van der Waals surface area contributed by atoms with Gasteiger partial charge in [0.1, 0.15) is 5.66 Å². The van der Waals surface area contributed by atoms with Crippen molar-refractivity contribution in [1.29, 1.82) is 0 Å². The van der Waals surface area contributed by atoms with Crippen LogP contribution in [0.4, 0.5) is 0 Å². The first kappa shape index (κ1) is 9.43. The number of rotatable bonds is 0. The highest BCUT2D eigenvalue weighted by atomic mass is 15.5. The zero-order valence-corrected chi connectivity index (χ0v) is 6.90. The second-order valence-electron chi connectivity index (χ2n) is 3.20. The van der Waals surface area contributed by atoms with E-state index in [2.05, 4.69) is 0 Å². The summed E-state index contributed by atoms with van der Waals surface area (Å²) in [6, 6.07) is 0. The Morgan fingerprint density at radius 3 is 2.33 bits per heavy atom. The molecule has 70 valence electrons. The van der Waals surface area contributed by atoms with Crippen LogP contribution in [-0.4, -0.2) is 16.5 Å². The van der Waals surface area contributed by atoms with E-state index in [0.717, 1.165) is 11.4 Å². The van der Waals surface area contributed by atoms with E-state index in [1.807, 2.05) is 6.08 Å².